The normalized spacial score (nSPS) is 10.0. The van der Waals surface area contributed by atoms with E-state index in [1.807, 2.05) is 13.0 Å². The van der Waals surface area contributed by atoms with Gasteiger partial charge in [0.2, 0.25) is 0 Å². The lowest BCUT2D eigenvalue weighted by Crippen LogP contribution is -1.94. The number of carbonyl (C=O) groups excluding carboxylic acids is 1. The summed E-state index contributed by atoms with van der Waals surface area (Å²) in [6.07, 6.45) is 0. The van der Waals surface area contributed by atoms with Gasteiger partial charge in [-0.05, 0) is 54.1 Å². The van der Waals surface area contributed by atoms with Crippen LogP contribution in [0.4, 0.5) is 0 Å². The average Bonchev–Trinajstić information content (AvgIpc) is 1.99. The van der Waals surface area contributed by atoms with Crippen LogP contribution in [0.25, 0.3) is 0 Å². The van der Waals surface area contributed by atoms with Gasteiger partial charge in [0, 0.05) is 9.13 Å². The van der Waals surface area contributed by atoms with E-state index >= 15 is 0 Å². The molecule has 0 aromatic heterocycles. The standard InChI is InChI=1S/C9H8ClIO/c1-5-3-7(6(2)12)4-8(10)9(5)11/h3-4H,1-2H3. The zero-order valence-electron chi connectivity index (χ0n) is 6.82. The maximum atomic E-state index is 11.0. The highest BCUT2D eigenvalue weighted by atomic mass is 127. The molecular weight excluding hydrogens is 286 g/mol. The highest BCUT2D eigenvalue weighted by Crippen LogP contribution is 2.23. The van der Waals surface area contributed by atoms with Crippen LogP contribution >= 0.6 is 34.2 Å². The zero-order valence-corrected chi connectivity index (χ0v) is 9.73. The van der Waals surface area contributed by atoms with E-state index in [1.54, 1.807) is 6.07 Å². The Bertz CT molecular complexity index is 310. The van der Waals surface area contributed by atoms with Crippen molar-refractivity contribution in [2.24, 2.45) is 0 Å². The lowest BCUT2D eigenvalue weighted by Gasteiger charge is -2.03. The van der Waals surface area contributed by atoms with Crippen LogP contribution in [0, 0.1) is 10.5 Å². The Morgan fingerprint density at radius 3 is 2.50 bits per heavy atom. The lowest BCUT2D eigenvalue weighted by molar-refractivity contribution is 0.101. The summed E-state index contributed by atoms with van der Waals surface area (Å²) in [6, 6.07) is 3.56. The van der Waals surface area contributed by atoms with Crippen LogP contribution in [-0.2, 0) is 0 Å². The number of hydrogen-bond donors (Lipinski definition) is 0. The molecule has 1 nitrogen and oxygen atoms in total. The fraction of sp³-hybridized carbons (Fsp3) is 0.222. The van der Waals surface area contributed by atoms with E-state index < -0.39 is 0 Å². The monoisotopic (exact) mass is 294 g/mol. The Kier molecular flexibility index (Phi) is 3.12. The summed E-state index contributed by atoms with van der Waals surface area (Å²) in [5, 5.41) is 0.654. The molecule has 0 aliphatic rings. The number of benzene rings is 1. The summed E-state index contributed by atoms with van der Waals surface area (Å²) < 4.78 is 1.01. The summed E-state index contributed by atoms with van der Waals surface area (Å²) in [5.41, 5.74) is 1.73. The number of ketones is 1. The van der Waals surface area contributed by atoms with E-state index in [1.165, 1.54) is 6.92 Å². The molecule has 1 aromatic rings. The van der Waals surface area contributed by atoms with Gasteiger partial charge in [-0.15, -0.1) is 0 Å². The first kappa shape index (κ1) is 9.99. The number of carbonyl (C=O) groups is 1. The number of aryl methyl sites for hydroxylation is 1. The second kappa shape index (κ2) is 3.75. The van der Waals surface area contributed by atoms with Crippen molar-refractivity contribution >= 4 is 40.0 Å². The fourth-order valence-corrected chi connectivity index (χ4v) is 1.51. The van der Waals surface area contributed by atoms with Crippen LogP contribution in [0.5, 0.6) is 0 Å². The first-order valence-electron chi connectivity index (χ1n) is 3.49. The minimum atomic E-state index is 0.0522. The minimum absolute atomic E-state index is 0.0522. The molecule has 0 amide bonds. The molecule has 3 heteroatoms. The number of rotatable bonds is 1. The second-order valence-corrected chi connectivity index (χ2v) is 4.13. The van der Waals surface area contributed by atoms with Crippen molar-refractivity contribution < 1.29 is 4.79 Å². The van der Waals surface area contributed by atoms with Crippen molar-refractivity contribution in [2.75, 3.05) is 0 Å². The molecular formula is C9H8ClIO. The predicted molar refractivity (Wildman–Crippen MR) is 58.9 cm³/mol. The van der Waals surface area contributed by atoms with Gasteiger partial charge in [0.05, 0.1) is 5.02 Å². The largest absolute Gasteiger partial charge is 0.295 e. The van der Waals surface area contributed by atoms with Gasteiger partial charge in [0.15, 0.2) is 5.78 Å². The summed E-state index contributed by atoms with van der Waals surface area (Å²) >= 11 is 8.07. The average molecular weight is 295 g/mol. The zero-order chi connectivity index (χ0) is 9.30. The van der Waals surface area contributed by atoms with Crippen LogP contribution in [0.15, 0.2) is 12.1 Å². The predicted octanol–water partition coefficient (Wildman–Crippen LogP) is 3.46. The molecule has 0 N–H and O–H groups in total. The molecule has 64 valence electrons. The molecule has 0 bridgehead atoms. The maximum absolute atomic E-state index is 11.0. The van der Waals surface area contributed by atoms with Crippen LogP contribution < -0.4 is 0 Å². The topological polar surface area (TPSA) is 17.1 Å². The lowest BCUT2D eigenvalue weighted by atomic mass is 10.1. The van der Waals surface area contributed by atoms with Crippen molar-refractivity contribution in [3.8, 4) is 0 Å². The first-order valence-corrected chi connectivity index (χ1v) is 4.94. The van der Waals surface area contributed by atoms with Crippen LogP contribution in [0.3, 0.4) is 0 Å². The van der Waals surface area contributed by atoms with Gasteiger partial charge in [-0.2, -0.15) is 0 Å². The molecule has 0 radical (unpaired) electrons. The maximum Gasteiger partial charge on any atom is 0.159 e. The van der Waals surface area contributed by atoms with Gasteiger partial charge >= 0.3 is 0 Å². The van der Waals surface area contributed by atoms with Crippen LogP contribution in [0.1, 0.15) is 22.8 Å². The van der Waals surface area contributed by atoms with Gasteiger partial charge in [0.25, 0.3) is 0 Å². The third kappa shape index (κ3) is 1.98. The number of Topliss-reactive ketones (excluding diaryl/α,β-unsaturated/α-hetero) is 1. The van der Waals surface area contributed by atoms with Gasteiger partial charge in [-0.3, -0.25) is 4.79 Å². The van der Waals surface area contributed by atoms with Gasteiger partial charge in [-0.1, -0.05) is 11.6 Å². The number of hydrogen-bond acceptors (Lipinski definition) is 1. The quantitative estimate of drug-likeness (QED) is 0.573. The van der Waals surface area contributed by atoms with Crippen LogP contribution in [-0.4, -0.2) is 5.78 Å². The van der Waals surface area contributed by atoms with E-state index in [2.05, 4.69) is 22.6 Å². The molecule has 0 saturated heterocycles. The van der Waals surface area contributed by atoms with Crippen molar-refractivity contribution in [3.05, 3.63) is 31.9 Å². The molecule has 0 saturated carbocycles. The molecule has 1 aromatic carbocycles. The molecule has 1 rings (SSSR count). The van der Waals surface area contributed by atoms with E-state index in [0.717, 1.165) is 9.13 Å². The fourth-order valence-electron chi connectivity index (χ4n) is 0.930. The smallest absolute Gasteiger partial charge is 0.159 e. The Labute approximate surface area is 90.3 Å². The molecule has 0 heterocycles. The molecule has 0 unspecified atom stereocenters. The summed E-state index contributed by atoms with van der Waals surface area (Å²) in [6.45, 7) is 3.48. The highest BCUT2D eigenvalue weighted by Gasteiger charge is 2.05. The van der Waals surface area contributed by atoms with Gasteiger partial charge in [-0.25, -0.2) is 0 Å². The van der Waals surface area contributed by atoms with Crippen molar-refractivity contribution in [2.45, 2.75) is 13.8 Å². The minimum Gasteiger partial charge on any atom is -0.295 e. The van der Waals surface area contributed by atoms with E-state index in [4.69, 9.17) is 11.6 Å². The molecule has 0 spiro atoms. The van der Waals surface area contributed by atoms with E-state index in [0.29, 0.717) is 10.6 Å². The van der Waals surface area contributed by atoms with Crippen molar-refractivity contribution in [3.63, 3.8) is 0 Å². The molecule has 0 atom stereocenters. The molecule has 0 aliphatic heterocycles. The van der Waals surface area contributed by atoms with Gasteiger partial charge in [0.1, 0.15) is 0 Å². The summed E-state index contributed by atoms with van der Waals surface area (Å²) in [4.78, 5) is 11.0. The highest BCUT2D eigenvalue weighted by molar-refractivity contribution is 14.1. The van der Waals surface area contributed by atoms with E-state index in [-0.39, 0.29) is 5.78 Å². The Morgan fingerprint density at radius 1 is 1.50 bits per heavy atom. The SMILES string of the molecule is CC(=O)c1cc(C)c(I)c(Cl)c1. The molecule has 12 heavy (non-hydrogen) atoms. The third-order valence-electron chi connectivity index (χ3n) is 1.62. The molecule has 0 fully saturated rings. The van der Waals surface area contributed by atoms with Gasteiger partial charge < -0.3 is 0 Å². The number of halogens is 2. The Hall–Kier alpha value is -0.0900. The summed E-state index contributed by atoms with van der Waals surface area (Å²) in [7, 11) is 0. The Morgan fingerprint density at radius 2 is 2.08 bits per heavy atom. The van der Waals surface area contributed by atoms with E-state index in [9.17, 15) is 4.79 Å². The van der Waals surface area contributed by atoms with Crippen molar-refractivity contribution in [1.29, 1.82) is 0 Å². The van der Waals surface area contributed by atoms with Crippen molar-refractivity contribution in [1.82, 2.24) is 0 Å². The second-order valence-electron chi connectivity index (χ2n) is 2.65. The third-order valence-corrected chi connectivity index (χ3v) is 3.67. The van der Waals surface area contributed by atoms with Crippen LogP contribution in [0.2, 0.25) is 5.02 Å². The molecule has 0 aliphatic carbocycles. The Balaban J connectivity index is 3.31. The summed E-state index contributed by atoms with van der Waals surface area (Å²) in [5.74, 6) is 0.0522. The first-order chi connectivity index (χ1) is 5.52.